The molecule has 0 rings (SSSR count). The Balaban J connectivity index is 4.03. The van der Waals surface area contributed by atoms with Crippen molar-refractivity contribution in [3.8, 4) is 0 Å². The lowest BCUT2D eigenvalue weighted by Gasteiger charge is -2.26. The minimum Gasteiger partial charge on any atom is -0.545 e. The lowest BCUT2D eigenvalue weighted by Crippen LogP contribution is -2.44. The maximum Gasteiger partial charge on any atom is 0.306 e. The molecule has 0 fully saturated rings. The van der Waals surface area contributed by atoms with Crippen LogP contribution in [0.1, 0.15) is 361 Å². The van der Waals surface area contributed by atoms with Crippen molar-refractivity contribution >= 4 is 17.9 Å². The minimum absolute atomic E-state index is 0.143. The lowest BCUT2D eigenvalue weighted by atomic mass is 10.0. The van der Waals surface area contributed by atoms with Crippen LogP contribution >= 0.6 is 0 Å². The second kappa shape index (κ2) is 72.3. The third-order valence-electron chi connectivity index (χ3n) is 17.2. The van der Waals surface area contributed by atoms with Gasteiger partial charge in [-0.05, 0) is 70.6 Å². The normalized spacial score (nSPS) is 13.1. The quantitative estimate of drug-likeness (QED) is 0.0195. The Labute approximate surface area is 563 Å². The Morgan fingerprint density at radius 3 is 0.934 bits per heavy atom. The van der Waals surface area contributed by atoms with Gasteiger partial charge in [-0.3, -0.25) is 9.59 Å². The van der Waals surface area contributed by atoms with Crippen molar-refractivity contribution in [3.05, 3.63) is 85.1 Å². The smallest absolute Gasteiger partial charge is 0.306 e. The Hall–Kier alpha value is -3.53. The molecule has 0 aliphatic heterocycles. The molecule has 9 nitrogen and oxygen atoms in total. The molecule has 0 aromatic carbocycles. The summed E-state index contributed by atoms with van der Waals surface area (Å²) in [6, 6.07) is 0. The van der Waals surface area contributed by atoms with Gasteiger partial charge < -0.3 is 33.3 Å². The number of carbonyl (C=O) groups excluding carboxylic acids is 3. The molecule has 0 heterocycles. The van der Waals surface area contributed by atoms with Gasteiger partial charge in [-0.2, -0.15) is 0 Å². The van der Waals surface area contributed by atoms with Gasteiger partial charge in [0.2, 0.25) is 0 Å². The molecule has 0 aromatic heterocycles. The fourth-order valence-corrected chi connectivity index (χ4v) is 11.3. The van der Waals surface area contributed by atoms with E-state index in [0.29, 0.717) is 23.9 Å². The molecule has 0 spiro atoms. The first kappa shape index (κ1) is 87.5. The van der Waals surface area contributed by atoms with Crippen LogP contribution in [-0.4, -0.2) is 82.3 Å². The highest BCUT2D eigenvalue weighted by atomic mass is 16.7. The van der Waals surface area contributed by atoms with Crippen LogP contribution in [-0.2, 0) is 33.3 Å². The number of carboxylic acid groups (broad SMARTS) is 1. The molecule has 0 N–H and O–H groups in total. The molecule has 528 valence electrons. The zero-order chi connectivity index (χ0) is 66.1. The Bertz CT molecular complexity index is 1770. The maximum absolute atomic E-state index is 12.9. The minimum atomic E-state index is -1.63. The summed E-state index contributed by atoms with van der Waals surface area (Å²) in [5.74, 6) is -2.29. The molecule has 0 saturated carbocycles. The molecule has 0 aliphatic carbocycles. The monoisotopic (exact) mass is 1270 g/mol. The number of ether oxygens (including phenoxy) is 4. The average Bonchev–Trinajstić information content (AvgIpc) is 3.66. The number of nitrogens with zero attached hydrogens (tertiary/aromatic N) is 1. The first-order valence-electron chi connectivity index (χ1n) is 38.7. The van der Waals surface area contributed by atoms with Crippen LogP contribution in [0.5, 0.6) is 0 Å². The van der Waals surface area contributed by atoms with Crippen molar-refractivity contribution in [2.45, 2.75) is 373 Å². The summed E-state index contributed by atoms with van der Waals surface area (Å²) in [5.41, 5.74) is 0. The highest BCUT2D eigenvalue weighted by Crippen LogP contribution is 2.19. The number of aliphatic carboxylic acids is 1. The van der Waals surface area contributed by atoms with Crippen molar-refractivity contribution in [1.29, 1.82) is 0 Å². The summed E-state index contributed by atoms with van der Waals surface area (Å²) in [7, 11) is 5.93. The summed E-state index contributed by atoms with van der Waals surface area (Å²) in [5, 5.41) is 11.8. The topological polar surface area (TPSA) is 111 Å². The molecule has 0 aliphatic rings. The number of unbranched alkanes of at least 4 members (excludes halogenated alkanes) is 43. The van der Waals surface area contributed by atoms with Crippen molar-refractivity contribution in [2.24, 2.45) is 0 Å². The summed E-state index contributed by atoms with van der Waals surface area (Å²) < 4.78 is 22.8. The van der Waals surface area contributed by atoms with Gasteiger partial charge in [0.05, 0.1) is 40.3 Å². The molecule has 0 saturated heterocycles. The van der Waals surface area contributed by atoms with E-state index in [1.807, 2.05) is 21.1 Å². The van der Waals surface area contributed by atoms with Gasteiger partial charge in [0.1, 0.15) is 13.2 Å². The molecule has 0 amide bonds. The fourth-order valence-electron chi connectivity index (χ4n) is 11.3. The predicted octanol–water partition coefficient (Wildman–Crippen LogP) is 23.3. The largest absolute Gasteiger partial charge is 0.545 e. The van der Waals surface area contributed by atoms with Gasteiger partial charge in [-0.1, -0.05) is 362 Å². The number of esters is 2. The van der Waals surface area contributed by atoms with Gasteiger partial charge in [0, 0.05) is 12.8 Å². The molecule has 2 atom stereocenters. The molecule has 2 unspecified atom stereocenters. The molecule has 0 aromatic rings. The van der Waals surface area contributed by atoms with Crippen molar-refractivity contribution in [3.63, 3.8) is 0 Å². The van der Waals surface area contributed by atoms with E-state index in [1.54, 1.807) is 0 Å². The molecular weight excluding hydrogens is 1130 g/mol. The number of allylic oxidation sites excluding steroid dienone is 14. The van der Waals surface area contributed by atoms with Gasteiger partial charge in [0.25, 0.3) is 0 Å². The lowest BCUT2D eigenvalue weighted by molar-refractivity contribution is -0.870. The number of hydrogen-bond donors (Lipinski definition) is 0. The first-order chi connectivity index (χ1) is 44.6. The molecule has 0 radical (unpaired) electrons. The SMILES string of the molecule is CC/C=C\C/C=C\C/C=C\C/C=C\C/C=C\C/C=C\C/C=C\CCCCCCCCCC(=O)OC(COC(=O)CCCCCCCCCCCCCCCCCCCCCCCCCCCCCCCCCCCCCCC)COC(OCC[N+](C)(C)C)C(=O)[O-]. The predicted molar refractivity (Wildman–Crippen MR) is 389 cm³/mol. The highest BCUT2D eigenvalue weighted by molar-refractivity contribution is 5.70. The van der Waals surface area contributed by atoms with E-state index in [0.717, 1.165) is 89.9 Å². The van der Waals surface area contributed by atoms with Crippen LogP contribution in [0.3, 0.4) is 0 Å². The third-order valence-corrected chi connectivity index (χ3v) is 17.2. The highest BCUT2D eigenvalue weighted by Gasteiger charge is 2.22. The average molecular weight is 1280 g/mol. The summed E-state index contributed by atoms with van der Waals surface area (Å²) >= 11 is 0. The maximum atomic E-state index is 12.9. The van der Waals surface area contributed by atoms with Crippen molar-refractivity contribution < 1.29 is 42.9 Å². The van der Waals surface area contributed by atoms with E-state index in [-0.39, 0.29) is 32.2 Å². The zero-order valence-electron chi connectivity index (χ0n) is 60.5. The van der Waals surface area contributed by atoms with Gasteiger partial charge >= 0.3 is 11.9 Å². The van der Waals surface area contributed by atoms with E-state index in [2.05, 4.69) is 98.9 Å². The van der Waals surface area contributed by atoms with E-state index in [4.69, 9.17) is 18.9 Å². The third kappa shape index (κ3) is 73.7. The summed E-state index contributed by atoms with van der Waals surface area (Å²) in [4.78, 5) is 37.6. The van der Waals surface area contributed by atoms with Crippen LogP contribution in [0.2, 0.25) is 0 Å². The first-order valence-corrected chi connectivity index (χ1v) is 38.7. The van der Waals surface area contributed by atoms with Crippen LogP contribution < -0.4 is 5.11 Å². The van der Waals surface area contributed by atoms with E-state index >= 15 is 0 Å². The Kier molecular flexibility index (Phi) is 69.5. The number of carbonyl (C=O) groups is 3. The number of likely N-dealkylation sites (N-methyl/N-ethyl adjacent to an activating group) is 1. The van der Waals surface area contributed by atoms with E-state index in [1.165, 1.54) is 238 Å². The standard InChI is InChI=1S/C82H147NO8/c1-6-8-10-12-14-16-18-20-22-24-26-28-30-32-34-36-37-38-39-40-41-42-43-45-46-48-50-52-54-56-58-60-62-64-66-68-70-72-79(84)89-76-78(77-90-82(81(86)87)88-75-74-83(3,4)5)91-80(85)73-71-69-67-65-63-61-59-57-55-53-51-49-47-44-35-33-31-29-27-25-23-21-19-17-15-13-11-9-7-2/h9,11,15,17,21,23,27,29,33,35,47,49,53,55,78,82H,6-8,10,12-14,16,18-20,22,24-26,28,30-32,34,36-46,48,50-52,54,56-77H2,1-5H3/b11-9-,17-15-,23-21-,29-27-,35-33-,49-47-,55-53-. The zero-order valence-corrected chi connectivity index (χ0v) is 60.5. The second-order valence-corrected chi connectivity index (χ2v) is 27.3. The van der Waals surface area contributed by atoms with Crippen LogP contribution in [0.15, 0.2) is 85.1 Å². The number of quaternary nitrogens is 1. The molecule has 0 bridgehead atoms. The van der Waals surface area contributed by atoms with Crippen LogP contribution in [0, 0.1) is 0 Å². The van der Waals surface area contributed by atoms with Crippen LogP contribution in [0.25, 0.3) is 0 Å². The van der Waals surface area contributed by atoms with E-state index in [9.17, 15) is 19.5 Å². The second-order valence-electron chi connectivity index (χ2n) is 27.3. The Morgan fingerprint density at radius 2 is 0.626 bits per heavy atom. The number of rotatable bonds is 72. The molecule has 9 heteroatoms. The molecule has 91 heavy (non-hydrogen) atoms. The van der Waals surface area contributed by atoms with E-state index < -0.39 is 24.3 Å². The van der Waals surface area contributed by atoms with Gasteiger partial charge in [-0.15, -0.1) is 0 Å². The fraction of sp³-hybridized carbons (Fsp3) is 0.793. The Morgan fingerprint density at radius 1 is 0.341 bits per heavy atom. The number of carboxylic acids is 1. The van der Waals surface area contributed by atoms with Gasteiger partial charge in [-0.25, -0.2) is 0 Å². The molecular formula is C82H147NO8. The summed E-state index contributed by atoms with van der Waals surface area (Å²) in [6.07, 6.45) is 95.6. The van der Waals surface area contributed by atoms with Gasteiger partial charge in [0.15, 0.2) is 12.4 Å². The van der Waals surface area contributed by atoms with Crippen molar-refractivity contribution in [2.75, 3.05) is 47.5 Å². The van der Waals surface area contributed by atoms with Crippen LogP contribution in [0.4, 0.5) is 0 Å². The summed E-state index contributed by atoms with van der Waals surface area (Å²) in [6.45, 7) is 4.67. The number of hydrogen-bond acceptors (Lipinski definition) is 8. The van der Waals surface area contributed by atoms with Crippen molar-refractivity contribution in [1.82, 2.24) is 0 Å².